The number of nitrogens with one attached hydrogen (secondary N) is 1. The zero-order chi connectivity index (χ0) is 20.1. The van der Waals surface area contributed by atoms with Gasteiger partial charge in [-0.15, -0.1) is 0 Å². The number of carbonyl (C=O) groups is 2. The second-order valence-electron chi connectivity index (χ2n) is 9.16. The molecule has 1 aromatic rings. The molecule has 6 heteroatoms. The highest BCUT2D eigenvalue weighted by molar-refractivity contribution is 5.93. The molecule has 0 radical (unpaired) electrons. The Kier molecular flexibility index (Phi) is 6.68. The summed E-state index contributed by atoms with van der Waals surface area (Å²) in [6.07, 6.45) is 10.5. The van der Waals surface area contributed by atoms with Crippen LogP contribution < -0.4 is 5.32 Å². The molecule has 0 spiro atoms. The van der Waals surface area contributed by atoms with Crippen molar-refractivity contribution in [1.82, 2.24) is 14.8 Å². The number of hydrogen-bond acceptors (Lipinski definition) is 3. The quantitative estimate of drug-likeness (QED) is 0.774. The highest BCUT2D eigenvalue weighted by atomic mass is 16.6. The van der Waals surface area contributed by atoms with Crippen LogP contribution in [0.5, 0.6) is 0 Å². The third-order valence-corrected chi connectivity index (χ3v) is 5.71. The van der Waals surface area contributed by atoms with E-state index in [9.17, 15) is 9.59 Å². The Morgan fingerprint density at radius 2 is 1.68 bits per heavy atom. The number of ether oxygens (including phenoxy) is 1. The molecule has 1 saturated heterocycles. The van der Waals surface area contributed by atoms with Crippen LogP contribution in [0, 0.1) is 0 Å². The summed E-state index contributed by atoms with van der Waals surface area (Å²) < 4.78 is 7.57. The lowest BCUT2D eigenvalue weighted by Crippen LogP contribution is -2.42. The minimum absolute atomic E-state index is 0.0338. The van der Waals surface area contributed by atoms with Crippen LogP contribution in [-0.4, -0.2) is 46.2 Å². The Bertz CT molecular complexity index is 661. The molecule has 28 heavy (non-hydrogen) atoms. The molecule has 0 unspecified atom stereocenters. The molecule has 1 N–H and O–H groups in total. The van der Waals surface area contributed by atoms with Gasteiger partial charge in [-0.2, -0.15) is 0 Å². The Labute approximate surface area is 168 Å². The van der Waals surface area contributed by atoms with Gasteiger partial charge in [0.1, 0.15) is 11.3 Å². The monoisotopic (exact) mass is 389 g/mol. The van der Waals surface area contributed by atoms with Crippen LogP contribution in [-0.2, 0) is 4.74 Å². The Balaban J connectivity index is 1.57. The second-order valence-corrected chi connectivity index (χ2v) is 9.16. The number of piperidine rings is 1. The van der Waals surface area contributed by atoms with E-state index < -0.39 is 5.60 Å². The van der Waals surface area contributed by atoms with Gasteiger partial charge in [-0.25, -0.2) is 4.79 Å². The largest absolute Gasteiger partial charge is 0.444 e. The van der Waals surface area contributed by atoms with Crippen LogP contribution in [0.2, 0.25) is 0 Å². The van der Waals surface area contributed by atoms with Gasteiger partial charge in [0.25, 0.3) is 5.91 Å². The van der Waals surface area contributed by atoms with Crippen molar-refractivity contribution in [2.45, 2.75) is 89.8 Å². The van der Waals surface area contributed by atoms with Gasteiger partial charge < -0.3 is 19.5 Å². The van der Waals surface area contributed by atoms with E-state index in [4.69, 9.17) is 4.74 Å². The van der Waals surface area contributed by atoms with Crippen LogP contribution in [0.25, 0.3) is 0 Å². The molecular weight excluding hydrogens is 354 g/mol. The first-order valence-corrected chi connectivity index (χ1v) is 10.8. The topological polar surface area (TPSA) is 63.6 Å². The lowest BCUT2D eigenvalue weighted by molar-refractivity contribution is 0.0187. The molecule has 6 nitrogen and oxygen atoms in total. The zero-order valence-electron chi connectivity index (χ0n) is 17.6. The average Bonchev–Trinajstić information content (AvgIpc) is 2.99. The predicted octanol–water partition coefficient (Wildman–Crippen LogP) is 4.51. The molecule has 2 amide bonds. The summed E-state index contributed by atoms with van der Waals surface area (Å²) >= 11 is 0. The molecule has 2 heterocycles. The van der Waals surface area contributed by atoms with E-state index in [1.54, 1.807) is 4.90 Å². The predicted molar refractivity (Wildman–Crippen MR) is 109 cm³/mol. The fraction of sp³-hybridized carbons (Fsp3) is 0.727. The number of rotatable bonds is 3. The number of aromatic nitrogens is 1. The minimum atomic E-state index is -0.475. The maximum Gasteiger partial charge on any atom is 0.410 e. The van der Waals surface area contributed by atoms with E-state index in [-0.39, 0.29) is 18.0 Å². The molecule has 0 bridgehead atoms. The lowest BCUT2D eigenvalue weighted by Gasteiger charge is -2.34. The third-order valence-electron chi connectivity index (χ3n) is 5.71. The summed E-state index contributed by atoms with van der Waals surface area (Å²) in [5.74, 6) is 0.0338. The normalized spacial score (nSPS) is 19.9. The van der Waals surface area contributed by atoms with Crippen molar-refractivity contribution in [3.8, 4) is 0 Å². The standard InChI is InChI=1S/C22H35N3O3/c1-22(2,3)28-21(27)24-15-12-18(13-16-24)25-14-8-11-19(25)20(26)23-17-9-6-4-5-7-10-17/h8,11,14,17-18H,4-7,9-10,12-13,15-16H2,1-3H3,(H,23,26). The number of hydrogen-bond donors (Lipinski definition) is 1. The molecule has 1 aliphatic heterocycles. The van der Waals surface area contributed by atoms with Crippen molar-refractivity contribution in [2.24, 2.45) is 0 Å². The maximum atomic E-state index is 12.9. The average molecular weight is 390 g/mol. The summed E-state index contributed by atoms with van der Waals surface area (Å²) in [5.41, 5.74) is 0.261. The van der Waals surface area contributed by atoms with Crippen molar-refractivity contribution >= 4 is 12.0 Å². The second kappa shape index (κ2) is 9.01. The maximum absolute atomic E-state index is 12.9. The molecule has 1 aromatic heterocycles. The number of likely N-dealkylation sites (tertiary alicyclic amines) is 1. The number of carbonyl (C=O) groups excluding carboxylic acids is 2. The van der Waals surface area contributed by atoms with Gasteiger partial charge >= 0.3 is 6.09 Å². The molecular formula is C22H35N3O3. The minimum Gasteiger partial charge on any atom is -0.444 e. The van der Waals surface area contributed by atoms with Crippen molar-refractivity contribution in [3.63, 3.8) is 0 Å². The van der Waals surface area contributed by atoms with Crippen LogP contribution >= 0.6 is 0 Å². The first-order valence-electron chi connectivity index (χ1n) is 10.8. The number of nitrogens with zero attached hydrogens (tertiary/aromatic N) is 2. The Morgan fingerprint density at radius 3 is 2.29 bits per heavy atom. The van der Waals surface area contributed by atoms with Crippen molar-refractivity contribution in [1.29, 1.82) is 0 Å². The van der Waals surface area contributed by atoms with E-state index in [2.05, 4.69) is 9.88 Å². The van der Waals surface area contributed by atoms with Crippen LogP contribution in [0.3, 0.4) is 0 Å². The smallest absolute Gasteiger partial charge is 0.410 e. The number of amides is 2. The van der Waals surface area contributed by atoms with Crippen molar-refractivity contribution in [3.05, 3.63) is 24.0 Å². The first kappa shape index (κ1) is 20.7. The van der Waals surface area contributed by atoms with E-state index >= 15 is 0 Å². The molecule has 3 rings (SSSR count). The van der Waals surface area contributed by atoms with Crippen LogP contribution in [0.1, 0.15) is 88.7 Å². The van der Waals surface area contributed by atoms with Crippen LogP contribution in [0.4, 0.5) is 4.79 Å². The molecule has 2 aliphatic rings. The SMILES string of the molecule is CC(C)(C)OC(=O)N1CCC(n2cccc2C(=O)NC2CCCCCC2)CC1. The van der Waals surface area contributed by atoms with Gasteiger partial charge in [-0.1, -0.05) is 25.7 Å². The van der Waals surface area contributed by atoms with Gasteiger partial charge in [0.2, 0.25) is 0 Å². The first-order chi connectivity index (χ1) is 13.3. The van der Waals surface area contributed by atoms with E-state index in [1.807, 2.05) is 39.1 Å². The summed E-state index contributed by atoms with van der Waals surface area (Å²) in [6.45, 7) is 6.97. The van der Waals surface area contributed by atoms with Crippen LogP contribution in [0.15, 0.2) is 18.3 Å². The zero-order valence-corrected chi connectivity index (χ0v) is 17.6. The van der Waals surface area contributed by atoms with Gasteiger partial charge in [0.05, 0.1) is 0 Å². The molecule has 2 fully saturated rings. The van der Waals surface area contributed by atoms with Crippen molar-refractivity contribution in [2.75, 3.05) is 13.1 Å². The highest BCUT2D eigenvalue weighted by Crippen LogP contribution is 2.26. The van der Waals surface area contributed by atoms with E-state index in [0.29, 0.717) is 19.1 Å². The summed E-state index contributed by atoms with van der Waals surface area (Å²) in [7, 11) is 0. The van der Waals surface area contributed by atoms with Gasteiger partial charge in [0.15, 0.2) is 0 Å². The fourth-order valence-corrected chi connectivity index (χ4v) is 4.24. The third kappa shape index (κ3) is 5.52. The lowest BCUT2D eigenvalue weighted by atomic mass is 10.0. The summed E-state index contributed by atoms with van der Waals surface area (Å²) in [6, 6.07) is 4.39. The van der Waals surface area contributed by atoms with Gasteiger partial charge in [0, 0.05) is 31.4 Å². The molecule has 1 aliphatic carbocycles. The summed E-state index contributed by atoms with van der Waals surface area (Å²) in [5, 5.41) is 3.25. The Morgan fingerprint density at radius 1 is 1.04 bits per heavy atom. The highest BCUT2D eigenvalue weighted by Gasteiger charge is 2.29. The molecule has 156 valence electrons. The fourth-order valence-electron chi connectivity index (χ4n) is 4.24. The molecule has 0 aromatic carbocycles. The summed E-state index contributed by atoms with van der Waals surface area (Å²) in [4.78, 5) is 26.9. The Hall–Kier alpha value is -1.98. The van der Waals surface area contributed by atoms with E-state index in [1.165, 1.54) is 25.7 Å². The van der Waals surface area contributed by atoms with E-state index in [0.717, 1.165) is 31.4 Å². The van der Waals surface area contributed by atoms with Gasteiger partial charge in [-0.05, 0) is 58.6 Å². The van der Waals surface area contributed by atoms with Crippen molar-refractivity contribution < 1.29 is 14.3 Å². The molecule has 0 atom stereocenters. The molecule has 1 saturated carbocycles. The van der Waals surface area contributed by atoms with Gasteiger partial charge in [-0.3, -0.25) is 4.79 Å².